The Hall–Kier alpha value is -2.24. The van der Waals surface area contributed by atoms with E-state index in [1.165, 1.54) is 0 Å². The topological polar surface area (TPSA) is 59.6 Å². The van der Waals surface area contributed by atoms with Gasteiger partial charge in [0.05, 0.1) is 5.69 Å². The molecular formula is C18H21ClN2O3. The number of urea groups is 1. The summed E-state index contributed by atoms with van der Waals surface area (Å²) in [7, 11) is 1.63. The van der Waals surface area contributed by atoms with Crippen molar-refractivity contribution in [1.29, 1.82) is 0 Å². The Kier molecular flexibility index (Phi) is 6.90. The summed E-state index contributed by atoms with van der Waals surface area (Å²) in [6.45, 7) is 2.50. The quantitative estimate of drug-likeness (QED) is 0.763. The second-order valence-electron chi connectivity index (χ2n) is 5.34. The highest BCUT2D eigenvalue weighted by Crippen LogP contribution is 2.31. The van der Waals surface area contributed by atoms with E-state index in [0.717, 1.165) is 6.42 Å². The van der Waals surface area contributed by atoms with Gasteiger partial charge in [0.15, 0.2) is 5.75 Å². The fraction of sp³-hybridized carbons (Fsp3) is 0.278. The fourth-order valence-corrected chi connectivity index (χ4v) is 2.23. The molecule has 2 N–H and O–H groups in total. The zero-order chi connectivity index (χ0) is 17.4. The van der Waals surface area contributed by atoms with Crippen LogP contribution >= 0.6 is 11.6 Å². The Morgan fingerprint density at radius 1 is 1.21 bits per heavy atom. The molecule has 0 heterocycles. The van der Waals surface area contributed by atoms with Gasteiger partial charge in [-0.1, -0.05) is 29.8 Å². The lowest BCUT2D eigenvalue weighted by Gasteiger charge is -2.16. The number of rotatable bonds is 7. The minimum atomic E-state index is -0.321. The fourth-order valence-electron chi connectivity index (χ4n) is 2.05. The van der Waals surface area contributed by atoms with Gasteiger partial charge in [0, 0.05) is 24.8 Å². The smallest absolute Gasteiger partial charge is 0.319 e. The molecular weight excluding hydrogens is 328 g/mol. The molecule has 1 atom stereocenters. The molecule has 0 radical (unpaired) electrons. The van der Waals surface area contributed by atoms with Crippen LogP contribution in [-0.4, -0.2) is 25.8 Å². The number of ether oxygens (including phenoxy) is 2. The molecule has 0 fully saturated rings. The van der Waals surface area contributed by atoms with Gasteiger partial charge < -0.3 is 20.1 Å². The molecule has 5 nitrogen and oxygen atoms in total. The molecule has 0 saturated heterocycles. The van der Waals surface area contributed by atoms with Gasteiger partial charge in [0.1, 0.15) is 5.75 Å². The molecule has 0 aliphatic rings. The lowest BCUT2D eigenvalue weighted by atomic mass is 10.2. The van der Waals surface area contributed by atoms with Gasteiger partial charge >= 0.3 is 6.03 Å². The maximum absolute atomic E-state index is 12.1. The van der Waals surface area contributed by atoms with Crippen LogP contribution in [-0.2, 0) is 4.74 Å². The van der Waals surface area contributed by atoms with Crippen LogP contribution in [0.2, 0.25) is 5.02 Å². The third-order valence-corrected chi connectivity index (χ3v) is 3.53. The van der Waals surface area contributed by atoms with Crippen molar-refractivity contribution in [2.24, 2.45) is 0 Å². The van der Waals surface area contributed by atoms with Gasteiger partial charge in [0.2, 0.25) is 0 Å². The van der Waals surface area contributed by atoms with Crippen molar-refractivity contribution >= 4 is 23.3 Å². The summed E-state index contributed by atoms with van der Waals surface area (Å²) in [6, 6.07) is 14.1. The molecule has 6 heteroatoms. The maximum atomic E-state index is 12.1. The molecule has 0 bridgehead atoms. The molecule has 0 aliphatic carbocycles. The Morgan fingerprint density at radius 2 is 1.96 bits per heavy atom. The average Bonchev–Trinajstić information content (AvgIpc) is 2.56. The van der Waals surface area contributed by atoms with E-state index in [9.17, 15) is 4.79 Å². The lowest BCUT2D eigenvalue weighted by Crippen LogP contribution is -2.36. The second-order valence-corrected chi connectivity index (χ2v) is 5.77. The lowest BCUT2D eigenvalue weighted by molar-refractivity contribution is 0.185. The summed E-state index contributed by atoms with van der Waals surface area (Å²) in [6.07, 6.45) is 0.729. The van der Waals surface area contributed by atoms with Gasteiger partial charge in [-0.2, -0.15) is 0 Å². The number of para-hydroxylation sites is 1. The average molecular weight is 349 g/mol. The first kappa shape index (κ1) is 18.1. The number of carbonyl (C=O) groups is 1. The van der Waals surface area contributed by atoms with E-state index >= 15 is 0 Å². The number of nitrogens with one attached hydrogen (secondary N) is 2. The van der Waals surface area contributed by atoms with Crippen molar-refractivity contribution in [3.8, 4) is 11.5 Å². The molecule has 0 saturated carbocycles. The molecule has 0 aliphatic heterocycles. The third-order valence-electron chi connectivity index (χ3n) is 3.29. The number of halogens is 1. The van der Waals surface area contributed by atoms with Crippen LogP contribution in [0.1, 0.15) is 13.3 Å². The van der Waals surface area contributed by atoms with E-state index in [-0.39, 0.29) is 12.1 Å². The minimum Gasteiger partial charge on any atom is -0.455 e. The largest absolute Gasteiger partial charge is 0.455 e. The number of hydrogen-bond acceptors (Lipinski definition) is 3. The summed E-state index contributed by atoms with van der Waals surface area (Å²) in [5, 5.41) is 6.14. The van der Waals surface area contributed by atoms with Gasteiger partial charge in [-0.15, -0.1) is 0 Å². The summed E-state index contributed by atoms with van der Waals surface area (Å²) in [5.41, 5.74) is 0.503. The number of amides is 2. The second kappa shape index (κ2) is 9.15. The maximum Gasteiger partial charge on any atom is 0.319 e. The van der Waals surface area contributed by atoms with E-state index in [0.29, 0.717) is 28.8 Å². The van der Waals surface area contributed by atoms with Crippen LogP contribution < -0.4 is 15.4 Å². The van der Waals surface area contributed by atoms with Crippen LogP contribution in [0, 0.1) is 0 Å². The molecule has 2 amide bonds. The summed E-state index contributed by atoms with van der Waals surface area (Å²) < 4.78 is 10.8. The van der Waals surface area contributed by atoms with Gasteiger partial charge in [0.25, 0.3) is 0 Å². The normalized spacial score (nSPS) is 11.6. The molecule has 2 rings (SSSR count). The van der Waals surface area contributed by atoms with E-state index in [2.05, 4.69) is 10.6 Å². The van der Waals surface area contributed by atoms with Crippen molar-refractivity contribution in [3.63, 3.8) is 0 Å². The number of methoxy groups -OCH3 is 1. The van der Waals surface area contributed by atoms with E-state index in [1.807, 2.05) is 37.3 Å². The Labute approximate surface area is 146 Å². The Balaban J connectivity index is 2.05. The number of anilines is 1. The van der Waals surface area contributed by atoms with Gasteiger partial charge in [-0.05, 0) is 43.7 Å². The summed E-state index contributed by atoms with van der Waals surface area (Å²) in [4.78, 5) is 12.1. The zero-order valence-corrected chi connectivity index (χ0v) is 14.5. The van der Waals surface area contributed by atoms with Crippen LogP contribution in [0.15, 0.2) is 48.5 Å². The SMILES string of the molecule is COCCC(C)NC(=O)Nc1cc(Cl)ccc1Oc1ccccc1. The number of carbonyl (C=O) groups excluding carboxylic acids is 1. The Bertz CT molecular complexity index is 665. The van der Waals surface area contributed by atoms with Crippen molar-refractivity contribution in [3.05, 3.63) is 53.6 Å². The standard InChI is InChI=1S/C18H21ClN2O3/c1-13(10-11-23-2)20-18(22)21-16-12-14(19)8-9-17(16)24-15-6-4-3-5-7-15/h3-9,12-13H,10-11H2,1-2H3,(H2,20,21,22). The van der Waals surface area contributed by atoms with Gasteiger partial charge in [-0.3, -0.25) is 0 Å². The molecule has 0 spiro atoms. The van der Waals surface area contributed by atoms with Gasteiger partial charge in [-0.25, -0.2) is 4.79 Å². The molecule has 128 valence electrons. The van der Waals surface area contributed by atoms with Crippen molar-refractivity contribution in [1.82, 2.24) is 5.32 Å². The van der Waals surface area contributed by atoms with Crippen molar-refractivity contribution in [2.45, 2.75) is 19.4 Å². The highest BCUT2D eigenvalue weighted by atomic mass is 35.5. The first-order chi connectivity index (χ1) is 11.6. The van der Waals surface area contributed by atoms with E-state index < -0.39 is 0 Å². The monoisotopic (exact) mass is 348 g/mol. The van der Waals surface area contributed by atoms with Crippen LogP contribution in [0.4, 0.5) is 10.5 Å². The highest BCUT2D eigenvalue weighted by molar-refractivity contribution is 6.31. The number of hydrogen-bond donors (Lipinski definition) is 2. The Morgan fingerprint density at radius 3 is 2.67 bits per heavy atom. The number of benzene rings is 2. The highest BCUT2D eigenvalue weighted by Gasteiger charge is 2.12. The van der Waals surface area contributed by atoms with Crippen molar-refractivity contribution in [2.75, 3.05) is 19.0 Å². The predicted octanol–water partition coefficient (Wildman–Crippen LogP) is 4.68. The zero-order valence-electron chi connectivity index (χ0n) is 13.7. The van der Waals surface area contributed by atoms with Crippen LogP contribution in [0.5, 0.6) is 11.5 Å². The van der Waals surface area contributed by atoms with E-state index in [4.69, 9.17) is 21.1 Å². The molecule has 2 aromatic rings. The molecule has 1 unspecified atom stereocenters. The van der Waals surface area contributed by atoms with Crippen molar-refractivity contribution < 1.29 is 14.3 Å². The van der Waals surface area contributed by atoms with Crippen LogP contribution in [0.3, 0.4) is 0 Å². The molecule has 24 heavy (non-hydrogen) atoms. The first-order valence-corrected chi connectivity index (χ1v) is 8.05. The third kappa shape index (κ3) is 5.76. The first-order valence-electron chi connectivity index (χ1n) is 7.67. The summed E-state index contributed by atoms with van der Waals surface area (Å²) >= 11 is 6.03. The van der Waals surface area contributed by atoms with Crippen LogP contribution in [0.25, 0.3) is 0 Å². The summed E-state index contributed by atoms with van der Waals surface area (Å²) in [5.74, 6) is 1.20. The molecule has 0 aromatic heterocycles. The minimum absolute atomic E-state index is 0.0115. The van der Waals surface area contributed by atoms with E-state index in [1.54, 1.807) is 25.3 Å². The predicted molar refractivity (Wildman–Crippen MR) is 96.1 cm³/mol. The molecule has 2 aromatic carbocycles.